The molecule has 3 aromatic rings. The summed E-state index contributed by atoms with van der Waals surface area (Å²) in [5.41, 5.74) is 4.20. The molecule has 1 aliphatic rings. The molecular weight excluding hydrogens is 510 g/mol. The molecule has 13 heteroatoms. The van der Waals surface area contributed by atoms with Crippen LogP contribution in [0.3, 0.4) is 0 Å². The van der Waals surface area contributed by atoms with Gasteiger partial charge in [0.2, 0.25) is 5.91 Å². The van der Waals surface area contributed by atoms with E-state index in [9.17, 15) is 22.4 Å². The average Bonchev–Trinajstić information content (AvgIpc) is 2.84. The van der Waals surface area contributed by atoms with E-state index in [-0.39, 0.29) is 42.3 Å². The van der Waals surface area contributed by atoms with Crippen molar-refractivity contribution in [1.82, 2.24) is 14.9 Å². The molecule has 204 valence electrons. The number of nitrogens with zero attached hydrogens (tertiary/aromatic N) is 3. The van der Waals surface area contributed by atoms with Gasteiger partial charge in [-0.2, -0.15) is 13.2 Å². The van der Waals surface area contributed by atoms with Crippen LogP contribution in [0.25, 0.3) is 10.9 Å². The first kappa shape index (κ1) is 27.2. The first-order valence-electron chi connectivity index (χ1n) is 11.6. The number of amides is 1. The molecule has 0 spiro atoms. The van der Waals surface area contributed by atoms with E-state index in [2.05, 4.69) is 15.3 Å². The number of aromatic nitrogens is 2. The van der Waals surface area contributed by atoms with Crippen molar-refractivity contribution in [2.75, 3.05) is 45.0 Å². The fourth-order valence-electron chi connectivity index (χ4n) is 4.15. The standard InChI is InChI=1S/C25H27F4N5O4/c1-12(16-5-14(30)6-18(23(16)26)25(27,28)29)31-24-17-7-21(20(36-4)8-19(17)32-13(2)33-24)38-10-15-9-34(3)22(35)11-37-15/h5-8,12,15H,9-11,30H2,1-4H3,(H,31,32,33)/t12-,15+/m1/s1. The Hall–Kier alpha value is -3.87. The predicted molar refractivity (Wildman–Crippen MR) is 132 cm³/mol. The summed E-state index contributed by atoms with van der Waals surface area (Å²) in [7, 11) is 3.14. The first-order valence-corrected chi connectivity index (χ1v) is 11.6. The Balaban J connectivity index is 1.67. The number of fused-ring (bicyclic) bond motifs is 1. The summed E-state index contributed by atoms with van der Waals surface area (Å²) < 4.78 is 71.8. The lowest BCUT2D eigenvalue weighted by molar-refractivity contribution is -0.148. The van der Waals surface area contributed by atoms with Crippen LogP contribution < -0.4 is 20.5 Å². The zero-order chi connectivity index (χ0) is 27.8. The molecule has 9 nitrogen and oxygen atoms in total. The molecule has 0 bridgehead atoms. The molecule has 1 aliphatic heterocycles. The zero-order valence-corrected chi connectivity index (χ0v) is 21.1. The minimum Gasteiger partial charge on any atom is -0.493 e. The Kier molecular flexibility index (Phi) is 7.49. The van der Waals surface area contributed by atoms with Gasteiger partial charge < -0.3 is 30.2 Å². The third-order valence-electron chi connectivity index (χ3n) is 6.11. The van der Waals surface area contributed by atoms with E-state index in [0.29, 0.717) is 40.8 Å². The highest BCUT2D eigenvalue weighted by molar-refractivity contribution is 5.92. The van der Waals surface area contributed by atoms with Gasteiger partial charge in [-0.15, -0.1) is 0 Å². The van der Waals surface area contributed by atoms with E-state index in [1.165, 1.54) is 14.0 Å². The van der Waals surface area contributed by atoms with E-state index in [0.717, 1.165) is 6.07 Å². The number of ether oxygens (including phenoxy) is 3. The number of likely N-dealkylation sites (N-methyl/N-ethyl adjacent to an activating group) is 1. The monoisotopic (exact) mass is 537 g/mol. The van der Waals surface area contributed by atoms with Crippen LogP contribution in [0.5, 0.6) is 11.5 Å². The number of hydrogen-bond acceptors (Lipinski definition) is 8. The first-order chi connectivity index (χ1) is 17.9. The van der Waals surface area contributed by atoms with Crippen LogP contribution in [0.4, 0.5) is 29.1 Å². The van der Waals surface area contributed by atoms with Crippen molar-refractivity contribution in [2.45, 2.75) is 32.2 Å². The Morgan fingerprint density at radius 1 is 1.24 bits per heavy atom. The van der Waals surface area contributed by atoms with Crippen LogP contribution in [0.15, 0.2) is 24.3 Å². The van der Waals surface area contributed by atoms with Crippen molar-refractivity contribution in [3.05, 3.63) is 47.0 Å². The van der Waals surface area contributed by atoms with Crippen LogP contribution in [0.1, 0.15) is 29.9 Å². The summed E-state index contributed by atoms with van der Waals surface area (Å²) in [5.74, 6) is -0.200. The molecule has 2 aromatic carbocycles. The number of nitrogens with two attached hydrogens (primary N) is 1. The lowest BCUT2D eigenvalue weighted by atomic mass is 10.0. The predicted octanol–water partition coefficient (Wildman–Crippen LogP) is 4.10. The molecule has 1 amide bonds. The minimum atomic E-state index is -4.90. The number of anilines is 2. The van der Waals surface area contributed by atoms with Crippen molar-refractivity contribution in [2.24, 2.45) is 0 Å². The number of aryl methyl sites for hydroxylation is 1. The van der Waals surface area contributed by atoms with Gasteiger partial charge in [0.05, 0.1) is 24.2 Å². The molecule has 38 heavy (non-hydrogen) atoms. The number of methoxy groups -OCH3 is 1. The van der Waals surface area contributed by atoms with Crippen LogP contribution in [-0.2, 0) is 15.7 Å². The van der Waals surface area contributed by atoms with Gasteiger partial charge in [-0.05, 0) is 32.0 Å². The molecule has 3 N–H and O–H groups in total. The zero-order valence-electron chi connectivity index (χ0n) is 21.1. The SMILES string of the molecule is COc1cc2nc(C)nc(N[C@H](C)c3cc(N)cc(C(F)(F)F)c3F)c2cc1OC[C@@H]1CN(C)C(=O)CO1. The topological polar surface area (TPSA) is 112 Å². The number of rotatable bonds is 7. The van der Waals surface area contributed by atoms with E-state index in [4.69, 9.17) is 19.9 Å². The number of nitrogens with one attached hydrogen (secondary N) is 1. The van der Waals surface area contributed by atoms with Gasteiger partial charge in [-0.1, -0.05) is 0 Å². The molecule has 2 heterocycles. The van der Waals surface area contributed by atoms with Crippen molar-refractivity contribution < 1.29 is 36.6 Å². The molecule has 1 saturated heterocycles. The van der Waals surface area contributed by atoms with Crippen molar-refractivity contribution in [3.63, 3.8) is 0 Å². The van der Waals surface area contributed by atoms with E-state index >= 15 is 0 Å². The van der Waals surface area contributed by atoms with Gasteiger partial charge in [0.1, 0.15) is 36.8 Å². The second-order valence-corrected chi connectivity index (χ2v) is 8.99. The molecule has 0 unspecified atom stereocenters. The van der Waals surface area contributed by atoms with Crippen LogP contribution in [0.2, 0.25) is 0 Å². The van der Waals surface area contributed by atoms with Crippen LogP contribution >= 0.6 is 0 Å². The fourth-order valence-corrected chi connectivity index (χ4v) is 4.15. The lowest BCUT2D eigenvalue weighted by Crippen LogP contribution is -2.46. The number of carbonyl (C=O) groups excluding carboxylic acids is 1. The molecule has 0 aliphatic carbocycles. The van der Waals surface area contributed by atoms with Gasteiger partial charge in [-0.3, -0.25) is 4.79 Å². The van der Waals surface area contributed by atoms with Gasteiger partial charge in [0.15, 0.2) is 11.5 Å². The number of hydrogen-bond donors (Lipinski definition) is 2. The van der Waals surface area contributed by atoms with E-state index in [1.807, 2.05) is 0 Å². The maximum absolute atomic E-state index is 14.9. The van der Waals surface area contributed by atoms with Crippen LogP contribution in [0, 0.1) is 12.7 Å². The van der Waals surface area contributed by atoms with Gasteiger partial charge >= 0.3 is 6.18 Å². The third-order valence-corrected chi connectivity index (χ3v) is 6.11. The van der Waals surface area contributed by atoms with Crippen molar-refractivity contribution in [1.29, 1.82) is 0 Å². The molecule has 4 rings (SSSR count). The summed E-state index contributed by atoms with van der Waals surface area (Å²) in [6.45, 7) is 3.58. The highest BCUT2D eigenvalue weighted by Gasteiger charge is 2.36. The Morgan fingerprint density at radius 2 is 1.97 bits per heavy atom. The molecule has 0 radical (unpaired) electrons. The second kappa shape index (κ2) is 10.5. The summed E-state index contributed by atoms with van der Waals surface area (Å²) >= 11 is 0. The molecule has 0 saturated carbocycles. The van der Waals surface area contributed by atoms with Crippen LogP contribution in [-0.4, -0.2) is 60.8 Å². The third kappa shape index (κ3) is 5.67. The highest BCUT2D eigenvalue weighted by atomic mass is 19.4. The van der Waals surface area contributed by atoms with Gasteiger partial charge in [0, 0.05) is 36.3 Å². The van der Waals surface area contributed by atoms with Gasteiger partial charge in [0.25, 0.3) is 0 Å². The number of morpholine rings is 1. The number of halogens is 4. The Morgan fingerprint density at radius 3 is 2.63 bits per heavy atom. The largest absolute Gasteiger partial charge is 0.493 e. The fraction of sp³-hybridized carbons (Fsp3) is 0.400. The lowest BCUT2D eigenvalue weighted by Gasteiger charge is -2.29. The molecular formula is C25H27F4N5O4. The normalized spacial score (nSPS) is 17.0. The summed E-state index contributed by atoms with van der Waals surface area (Å²) in [5, 5.41) is 3.46. The minimum absolute atomic E-state index is 0.0466. The molecule has 1 aromatic heterocycles. The molecule has 1 fully saturated rings. The number of nitrogen functional groups attached to an aromatic ring is 1. The average molecular weight is 538 g/mol. The second-order valence-electron chi connectivity index (χ2n) is 8.99. The van der Waals surface area contributed by atoms with Gasteiger partial charge in [-0.25, -0.2) is 14.4 Å². The summed E-state index contributed by atoms with van der Waals surface area (Å²) in [6.07, 6.45) is -5.27. The summed E-state index contributed by atoms with van der Waals surface area (Å²) in [6, 6.07) is 4.04. The van der Waals surface area contributed by atoms with E-state index in [1.54, 1.807) is 31.0 Å². The number of alkyl halides is 3. The quantitative estimate of drug-likeness (QED) is 0.342. The smallest absolute Gasteiger partial charge is 0.419 e. The van der Waals surface area contributed by atoms with E-state index < -0.39 is 23.6 Å². The summed E-state index contributed by atoms with van der Waals surface area (Å²) in [4.78, 5) is 22.0. The molecule has 2 atom stereocenters. The maximum Gasteiger partial charge on any atom is 0.419 e. The Labute approximate surface area is 215 Å². The maximum atomic E-state index is 14.9. The number of benzene rings is 2. The Bertz CT molecular complexity index is 1370. The van der Waals surface area contributed by atoms with Crippen molar-refractivity contribution in [3.8, 4) is 11.5 Å². The number of carbonyl (C=O) groups is 1. The highest BCUT2D eigenvalue weighted by Crippen LogP contribution is 2.38. The van der Waals surface area contributed by atoms with Crippen molar-refractivity contribution >= 4 is 28.3 Å².